The van der Waals surface area contributed by atoms with Crippen LogP contribution in [0.3, 0.4) is 0 Å². The smallest absolute Gasteiger partial charge is 0.324 e. The Labute approximate surface area is 91.3 Å². The molecule has 1 unspecified atom stereocenters. The maximum Gasteiger partial charge on any atom is 0.329 e. The molecule has 1 aromatic heterocycles. The molecule has 0 aliphatic carbocycles. The van der Waals surface area contributed by atoms with E-state index in [0.717, 1.165) is 12.6 Å². The second-order valence-electron chi connectivity index (χ2n) is 3.45. The molecule has 1 aromatic rings. The molecule has 0 bridgehead atoms. The molecule has 0 saturated carbocycles. The minimum Gasteiger partial charge on any atom is -0.324 e. The first-order valence-corrected chi connectivity index (χ1v) is 7.88. The van der Waals surface area contributed by atoms with Crippen LogP contribution in [-0.4, -0.2) is 21.9 Å². The molecule has 0 aliphatic heterocycles. The van der Waals surface area contributed by atoms with E-state index in [1.807, 2.05) is 36.1 Å². The molecule has 0 aliphatic rings. The first-order valence-electron chi connectivity index (χ1n) is 4.67. The van der Waals surface area contributed by atoms with Crippen molar-refractivity contribution >= 4 is 16.2 Å². The fourth-order valence-corrected chi connectivity index (χ4v) is 3.52. The number of aromatic nitrogens is 1. The van der Waals surface area contributed by atoms with Crippen LogP contribution in [0.4, 0.5) is 0 Å². The third-order valence-electron chi connectivity index (χ3n) is 1.91. The normalized spacial score (nSPS) is 12.5. The fourth-order valence-electron chi connectivity index (χ4n) is 1.26. The lowest BCUT2D eigenvalue weighted by Crippen LogP contribution is -2.26. The van der Waals surface area contributed by atoms with E-state index in [9.17, 15) is 4.57 Å². The molecule has 15 heavy (non-hydrogen) atoms. The Morgan fingerprint density at radius 3 is 2.87 bits per heavy atom. The van der Waals surface area contributed by atoms with Crippen LogP contribution in [0.25, 0.3) is 0 Å². The molecule has 84 valence electrons. The van der Waals surface area contributed by atoms with Gasteiger partial charge in [0.05, 0.1) is 5.90 Å². The Hall–Kier alpha value is -0.270. The zero-order chi connectivity index (χ0) is 11.3. The molecule has 1 heterocycles. The molecular formula is C9H16NO3P2+. The van der Waals surface area contributed by atoms with Gasteiger partial charge in [-0.3, -0.25) is 4.57 Å². The van der Waals surface area contributed by atoms with E-state index in [4.69, 9.17) is 9.79 Å². The molecule has 1 rings (SSSR count). The first-order chi connectivity index (χ1) is 6.97. The van der Waals surface area contributed by atoms with Gasteiger partial charge in [-0.25, -0.2) is 4.57 Å². The second-order valence-corrected chi connectivity index (χ2v) is 7.04. The highest BCUT2D eigenvalue weighted by Gasteiger charge is 2.11. The Balaban J connectivity index is 2.29. The molecule has 0 fully saturated rings. The molecule has 0 aromatic carbocycles. The highest BCUT2D eigenvalue weighted by Crippen LogP contribution is 2.41. The van der Waals surface area contributed by atoms with Gasteiger partial charge in [-0.2, -0.15) is 0 Å². The second kappa shape index (κ2) is 5.72. The maximum atomic E-state index is 10.6. The monoisotopic (exact) mass is 248 g/mol. The average Bonchev–Trinajstić information content (AvgIpc) is 2.11. The number of nitrogens with zero attached hydrogens (tertiary/aromatic N) is 1. The third kappa shape index (κ3) is 6.01. The molecule has 6 heteroatoms. The summed E-state index contributed by atoms with van der Waals surface area (Å²) in [7, 11) is -1.50. The van der Waals surface area contributed by atoms with Gasteiger partial charge >= 0.3 is 7.60 Å². The zero-order valence-electron chi connectivity index (χ0n) is 8.63. The predicted molar refractivity (Wildman–Crippen MR) is 61.4 cm³/mol. The van der Waals surface area contributed by atoms with E-state index in [2.05, 4.69) is 0 Å². The Bertz CT molecular complexity index is 364. The fraction of sp³-hybridized carbons (Fsp3) is 0.444. The van der Waals surface area contributed by atoms with E-state index >= 15 is 0 Å². The lowest BCUT2D eigenvalue weighted by molar-refractivity contribution is -0.671. The van der Waals surface area contributed by atoms with Crippen LogP contribution >= 0.6 is 16.2 Å². The van der Waals surface area contributed by atoms with Gasteiger partial charge < -0.3 is 9.79 Å². The molecule has 4 nitrogen and oxygen atoms in total. The van der Waals surface area contributed by atoms with Crippen molar-refractivity contribution in [3.63, 3.8) is 0 Å². The summed E-state index contributed by atoms with van der Waals surface area (Å²) in [5, 5.41) is 0. The summed E-state index contributed by atoms with van der Waals surface area (Å²) in [6, 6.07) is 4.00. The van der Waals surface area contributed by atoms with Crippen molar-refractivity contribution in [1.82, 2.24) is 0 Å². The molecule has 0 saturated heterocycles. The van der Waals surface area contributed by atoms with Crippen molar-refractivity contribution in [3.05, 3.63) is 30.1 Å². The van der Waals surface area contributed by atoms with Crippen molar-refractivity contribution in [2.45, 2.75) is 6.42 Å². The largest absolute Gasteiger partial charge is 0.329 e. The summed E-state index contributed by atoms with van der Waals surface area (Å²) in [4.78, 5) is 17.3. The van der Waals surface area contributed by atoms with E-state index in [1.54, 1.807) is 0 Å². The number of aryl methyl sites for hydroxylation is 2. The van der Waals surface area contributed by atoms with Crippen molar-refractivity contribution in [2.75, 3.05) is 12.1 Å². The molecule has 2 N–H and O–H groups in total. The van der Waals surface area contributed by atoms with Crippen LogP contribution in [0, 0.1) is 0 Å². The highest BCUT2D eigenvalue weighted by molar-refractivity contribution is 7.64. The third-order valence-corrected chi connectivity index (χ3v) is 5.05. The van der Waals surface area contributed by atoms with Gasteiger partial charge in [-0.15, -0.1) is 8.58 Å². The minimum atomic E-state index is -3.79. The van der Waals surface area contributed by atoms with Crippen LogP contribution in [0.15, 0.2) is 24.5 Å². The average molecular weight is 248 g/mol. The van der Waals surface area contributed by atoms with E-state index in [-0.39, 0.29) is 5.90 Å². The van der Waals surface area contributed by atoms with Crippen LogP contribution in [-0.2, 0) is 18.0 Å². The molecule has 1 atom stereocenters. The summed E-state index contributed by atoms with van der Waals surface area (Å²) in [5.74, 6) is 0.0198. The van der Waals surface area contributed by atoms with Crippen molar-refractivity contribution in [2.24, 2.45) is 7.05 Å². The van der Waals surface area contributed by atoms with Gasteiger partial charge in [-0.05, 0) is 18.6 Å². The van der Waals surface area contributed by atoms with Gasteiger partial charge in [0.1, 0.15) is 7.05 Å². The zero-order valence-corrected chi connectivity index (χ0v) is 10.5. The van der Waals surface area contributed by atoms with Crippen LogP contribution in [0.2, 0.25) is 0 Å². The summed E-state index contributed by atoms with van der Waals surface area (Å²) in [6.07, 6.45) is 5.71. The highest BCUT2D eigenvalue weighted by atomic mass is 31.2. The molecule has 0 spiro atoms. The van der Waals surface area contributed by atoms with Gasteiger partial charge in [0.25, 0.3) is 0 Å². The SMILES string of the molecule is C[n+]1cccc(CCPCP(=O)(O)O)c1. The van der Waals surface area contributed by atoms with Gasteiger partial charge in [0.2, 0.25) is 0 Å². The quantitative estimate of drug-likeness (QED) is 0.461. The van der Waals surface area contributed by atoms with E-state index in [1.165, 1.54) is 5.56 Å². The van der Waals surface area contributed by atoms with Crippen LogP contribution in [0.1, 0.15) is 5.56 Å². The Kier molecular flexibility index (Phi) is 4.88. The van der Waals surface area contributed by atoms with Crippen LogP contribution < -0.4 is 4.57 Å². The number of rotatable bonds is 5. The van der Waals surface area contributed by atoms with Gasteiger partial charge in [0, 0.05) is 11.6 Å². The standard InChI is InChI=1S/C9H15NO3P2/c1-10-5-2-3-9(7-10)4-6-14-8-15(11,12)13/h2-3,5,7,14H,4,6,8H2,1H3,(H-,11,12,13)/p+1. The molecule has 0 amide bonds. The summed E-state index contributed by atoms with van der Waals surface area (Å²) in [6.45, 7) is 0. The predicted octanol–water partition coefficient (Wildman–Crippen LogP) is 0.867. The van der Waals surface area contributed by atoms with Crippen LogP contribution in [0.5, 0.6) is 0 Å². The summed E-state index contributed by atoms with van der Waals surface area (Å²) < 4.78 is 12.6. The Morgan fingerprint density at radius 2 is 2.27 bits per heavy atom. The lowest BCUT2D eigenvalue weighted by atomic mass is 10.2. The minimum absolute atomic E-state index is 0.0198. The first kappa shape index (κ1) is 12.8. The topological polar surface area (TPSA) is 61.4 Å². The maximum absolute atomic E-state index is 10.6. The van der Waals surface area contributed by atoms with Crippen molar-refractivity contribution < 1.29 is 18.9 Å². The van der Waals surface area contributed by atoms with E-state index in [0.29, 0.717) is 8.58 Å². The lowest BCUT2D eigenvalue weighted by Gasteiger charge is -2.03. The molecule has 0 radical (unpaired) electrons. The number of pyridine rings is 1. The summed E-state index contributed by atoms with van der Waals surface area (Å²) >= 11 is 0. The Morgan fingerprint density at radius 1 is 1.53 bits per heavy atom. The van der Waals surface area contributed by atoms with E-state index < -0.39 is 7.60 Å². The van der Waals surface area contributed by atoms with Crippen molar-refractivity contribution in [1.29, 1.82) is 0 Å². The number of hydrogen-bond acceptors (Lipinski definition) is 1. The molecular weight excluding hydrogens is 232 g/mol. The van der Waals surface area contributed by atoms with Crippen molar-refractivity contribution in [3.8, 4) is 0 Å². The summed E-state index contributed by atoms with van der Waals surface area (Å²) in [5.41, 5.74) is 1.21. The number of hydrogen-bond donors (Lipinski definition) is 2. The van der Waals surface area contributed by atoms with Gasteiger partial charge in [0.15, 0.2) is 12.4 Å². The van der Waals surface area contributed by atoms with Gasteiger partial charge in [-0.1, -0.05) is 0 Å².